The first kappa shape index (κ1) is 11.6. The SMILES string of the molecule is CCCc1cc(Cl)nc(N2CCOCC2)n1. The summed E-state index contributed by atoms with van der Waals surface area (Å²) in [7, 11) is 0. The van der Waals surface area contributed by atoms with Crippen molar-refractivity contribution in [2.45, 2.75) is 19.8 Å². The van der Waals surface area contributed by atoms with Crippen LogP contribution in [0, 0.1) is 0 Å². The average Bonchev–Trinajstić information content (AvgIpc) is 2.30. The van der Waals surface area contributed by atoms with E-state index in [2.05, 4.69) is 21.8 Å². The first-order chi connectivity index (χ1) is 7.79. The monoisotopic (exact) mass is 241 g/mol. The summed E-state index contributed by atoms with van der Waals surface area (Å²) < 4.78 is 5.30. The maximum atomic E-state index is 6.00. The van der Waals surface area contributed by atoms with Crippen molar-refractivity contribution in [2.75, 3.05) is 31.2 Å². The minimum atomic E-state index is 0.528. The molecule has 1 aliphatic rings. The van der Waals surface area contributed by atoms with E-state index in [0.29, 0.717) is 5.15 Å². The number of hydrogen-bond acceptors (Lipinski definition) is 4. The van der Waals surface area contributed by atoms with Gasteiger partial charge < -0.3 is 9.64 Å². The molecular weight excluding hydrogens is 226 g/mol. The Morgan fingerprint density at radius 1 is 1.38 bits per heavy atom. The molecule has 1 fully saturated rings. The predicted octanol–water partition coefficient (Wildman–Crippen LogP) is 1.92. The van der Waals surface area contributed by atoms with Crippen LogP contribution >= 0.6 is 11.6 Å². The molecule has 1 saturated heterocycles. The van der Waals surface area contributed by atoms with E-state index in [1.54, 1.807) is 0 Å². The largest absolute Gasteiger partial charge is 0.378 e. The van der Waals surface area contributed by atoms with Gasteiger partial charge in [-0.2, -0.15) is 0 Å². The fourth-order valence-corrected chi connectivity index (χ4v) is 1.94. The van der Waals surface area contributed by atoms with Gasteiger partial charge in [-0.25, -0.2) is 9.97 Å². The van der Waals surface area contributed by atoms with Gasteiger partial charge >= 0.3 is 0 Å². The molecule has 0 unspecified atom stereocenters. The second-order valence-electron chi connectivity index (χ2n) is 3.83. The topological polar surface area (TPSA) is 38.2 Å². The Labute approximate surface area is 101 Å². The number of rotatable bonds is 3. The number of anilines is 1. The van der Waals surface area contributed by atoms with Gasteiger partial charge in [0.15, 0.2) is 0 Å². The molecule has 0 aromatic carbocycles. The highest BCUT2D eigenvalue weighted by Crippen LogP contribution is 2.16. The lowest BCUT2D eigenvalue weighted by molar-refractivity contribution is 0.122. The second kappa shape index (κ2) is 5.46. The van der Waals surface area contributed by atoms with Crippen molar-refractivity contribution in [3.63, 3.8) is 0 Å². The van der Waals surface area contributed by atoms with Crippen LogP contribution in [0.1, 0.15) is 19.0 Å². The Kier molecular flexibility index (Phi) is 3.96. The average molecular weight is 242 g/mol. The standard InChI is InChI=1S/C11H16ClN3O/c1-2-3-9-8-10(12)14-11(13-9)15-4-6-16-7-5-15/h8H,2-7H2,1H3. The fourth-order valence-electron chi connectivity index (χ4n) is 1.74. The number of aryl methyl sites for hydroxylation is 1. The molecule has 2 rings (SSSR count). The maximum Gasteiger partial charge on any atom is 0.227 e. The van der Waals surface area contributed by atoms with Crippen LogP contribution in [0.2, 0.25) is 5.15 Å². The molecule has 4 nitrogen and oxygen atoms in total. The van der Waals surface area contributed by atoms with Crippen LogP contribution in [0.15, 0.2) is 6.07 Å². The molecule has 5 heteroatoms. The minimum absolute atomic E-state index is 0.528. The van der Waals surface area contributed by atoms with Gasteiger partial charge in [-0.1, -0.05) is 24.9 Å². The molecule has 1 aromatic heterocycles. The molecule has 0 saturated carbocycles. The molecule has 0 amide bonds. The van der Waals surface area contributed by atoms with E-state index in [-0.39, 0.29) is 0 Å². The van der Waals surface area contributed by atoms with Gasteiger partial charge in [0.05, 0.1) is 13.2 Å². The molecule has 1 aliphatic heterocycles. The number of nitrogens with zero attached hydrogens (tertiary/aromatic N) is 3. The number of morpholine rings is 1. The summed E-state index contributed by atoms with van der Waals surface area (Å²) in [6.45, 7) is 5.28. The van der Waals surface area contributed by atoms with Crippen molar-refractivity contribution < 1.29 is 4.74 Å². The second-order valence-corrected chi connectivity index (χ2v) is 4.22. The normalized spacial score (nSPS) is 16.5. The van der Waals surface area contributed by atoms with E-state index in [0.717, 1.165) is 50.8 Å². The molecule has 16 heavy (non-hydrogen) atoms. The van der Waals surface area contributed by atoms with E-state index in [9.17, 15) is 0 Å². The zero-order chi connectivity index (χ0) is 11.4. The molecule has 88 valence electrons. The molecular formula is C11H16ClN3O. The molecule has 2 heterocycles. The van der Waals surface area contributed by atoms with Crippen LogP contribution < -0.4 is 4.90 Å². The Bertz CT molecular complexity index is 353. The molecule has 0 radical (unpaired) electrons. The van der Waals surface area contributed by atoms with E-state index in [4.69, 9.17) is 16.3 Å². The Morgan fingerprint density at radius 2 is 2.12 bits per heavy atom. The van der Waals surface area contributed by atoms with Crippen LogP contribution in [-0.4, -0.2) is 36.3 Å². The van der Waals surface area contributed by atoms with Crippen LogP contribution in [0.25, 0.3) is 0 Å². The number of aromatic nitrogens is 2. The van der Waals surface area contributed by atoms with Crippen LogP contribution in [0.4, 0.5) is 5.95 Å². The van der Waals surface area contributed by atoms with Crippen molar-refractivity contribution in [2.24, 2.45) is 0 Å². The first-order valence-electron chi connectivity index (χ1n) is 5.65. The smallest absolute Gasteiger partial charge is 0.227 e. The van der Waals surface area contributed by atoms with E-state index >= 15 is 0 Å². The molecule has 0 bridgehead atoms. The van der Waals surface area contributed by atoms with Crippen molar-refractivity contribution in [1.29, 1.82) is 0 Å². The fraction of sp³-hybridized carbons (Fsp3) is 0.636. The third-order valence-electron chi connectivity index (χ3n) is 2.54. The van der Waals surface area contributed by atoms with E-state index in [1.807, 2.05) is 6.07 Å². The third kappa shape index (κ3) is 2.83. The quantitative estimate of drug-likeness (QED) is 0.758. The Hall–Kier alpha value is -0.870. The number of hydrogen-bond donors (Lipinski definition) is 0. The molecule has 0 atom stereocenters. The van der Waals surface area contributed by atoms with Gasteiger partial charge in [0.1, 0.15) is 5.15 Å². The summed E-state index contributed by atoms with van der Waals surface area (Å²) >= 11 is 6.00. The van der Waals surface area contributed by atoms with Gasteiger partial charge in [-0.15, -0.1) is 0 Å². The highest BCUT2D eigenvalue weighted by atomic mass is 35.5. The van der Waals surface area contributed by atoms with Crippen LogP contribution in [0.5, 0.6) is 0 Å². The lowest BCUT2D eigenvalue weighted by Gasteiger charge is -2.27. The predicted molar refractivity (Wildman–Crippen MR) is 64.1 cm³/mol. The van der Waals surface area contributed by atoms with Crippen LogP contribution in [0.3, 0.4) is 0 Å². The highest BCUT2D eigenvalue weighted by Gasteiger charge is 2.14. The summed E-state index contributed by atoms with van der Waals surface area (Å²) in [5, 5.41) is 0.528. The minimum Gasteiger partial charge on any atom is -0.378 e. The summed E-state index contributed by atoms with van der Waals surface area (Å²) in [6, 6.07) is 1.84. The van der Waals surface area contributed by atoms with Crippen molar-refractivity contribution >= 4 is 17.5 Å². The van der Waals surface area contributed by atoms with E-state index < -0.39 is 0 Å². The zero-order valence-electron chi connectivity index (χ0n) is 9.45. The van der Waals surface area contributed by atoms with Gasteiger partial charge in [0.25, 0.3) is 0 Å². The molecule has 0 aliphatic carbocycles. The Morgan fingerprint density at radius 3 is 2.81 bits per heavy atom. The summed E-state index contributed by atoms with van der Waals surface area (Å²) in [4.78, 5) is 10.9. The highest BCUT2D eigenvalue weighted by molar-refractivity contribution is 6.29. The molecule has 0 spiro atoms. The zero-order valence-corrected chi connectivity index (χ0v) is 10.2. The maximum absolute atomic E-state index is 6.00. The van der Waals surface area contributed by atoms with Crippen molar-refractivity contribution in [1.82, 2.24) is 9.97 Å². The summed E-state index contributed by atoms with van der Waals surface area (Å²) in [5.41, 5.74) is 1.02. The number of halogens is 1. The third-order valence-corrected chi connectivity index (χ3v) is 2.73. The van der Waals surface area contributed by atoms with Crippen molar-refractivity contribution in [3.8, 4) is 0 Å². The lowest BCUT2D eigenvalue weighted by atomic mass is 10.2. The van der Waals surface area contributed by atoms with Gasteiger partial charge in [-0.3, -0.25) is 0 Å². The molecule has 1 aromatic rings. The van der Waals surface area contributed by atoms with Gasteiger partial charge in [0.2, 0.25) is 5.95 Å². The molecule has 0 N–H and O–H groups in total. The van der Waals surface area contributed by atoms with Crippen molar-refractivity contribution in [3.05, 3.63) is 16.9 Å². The summed E-state index contributed by atoms with van der Waals surface area (Å²) in [5.74, 6) is 0.735. The van der Waals surface area contributed by atoms with Gasteiger partial charge in [-0.05, 0) is 12.5 Å². The van der Waals surface area contributed by atoms with E-state index in [1.165, 1.54) is 0 Å². The number of ether oxygens (including phenoxy) is 1. The lowest BCUT2D eigenvalue weighted by Crippen LogP contribution is -2.37. The first-order valence-corrected chi connectivity index (χ1v) is 6.03. The van der Waals surface area contributed by atoms with Crippen LogP contribution in [-0.2, 0) is 11.2 Å². The summed E-state index contributed by atoms with van der Waals surface area (Å²) in [6.07, 6.45) is 2.01. The van der Waals surface area contributed by atoms with Gasteiger partial charge in [0, 0.05) is 18.8 Å². The Balaban J connectivity index is 2.18.